The van der Waals surface area contributed by atoms with E-state index in [0.29, 0.717) is 6.42 Å². The molecule has 0 bridgehead atoms. The first kappa shape index (κ1) is 15.8. The molecule has 0 aliphatic rings. The number of rotatable bonds is 6. The van der Waals surface area contributed by atoms with E-state index in [1.165, 1.54) is 0 Å². The van der Waals surface area contributed by atoms with Gasteiger partial charge in [-0.1, -0.05) is 53.5 Å². The summed E-state index contributed by atoms with van der Waals surface area (Å²) >= 11 is 11.1. The Morgan fingerprint density at radius 2 is 1.89 bits per heavy atom. The first-order valence-corrected chi connectivity index (χ1v) is 6.71. The van der Waals surface area contributed by atoms with E-state index in [1.54, 1.807) is 6.92 Å². The van der Waals surface area contributed by atoms with Gasteiger partial charge in [0, 0.05) is 0 Å². The lowest BCUT2D eigenvalue weighted by atomic mass is 10.0. The van der Waals surface area contributed by atoms with Crippen molar-refractivity contribution in [3.63, 3.8) is 0 Å². The van der Waals surface area contributed by atoms with Crippen LogP contribution in [-0.2, 0) is 16.0 Å². The summed E-state index contributed by atoms with van der Waals surface area (Å²) in [6.45, 7) is 1.91. The zero-order chi connectivity index (χ0) is 14.3. The first-order chi connectivity index (χ1) is 9.04. The number of nitrogens with one attached hydrogen (secondary N) is 1. The average molecular weight is 304 g/mol. The highest BCUT2D eigenvalue weighted by Gasteiger charge is 2.26. The number of alkyl carbamates (subject to hydrolysis) is 1. The third-order valence-electron chi connectivity index (χ3n) is 2.41. The van der Waals surface area contributed by atoms with Crippen LogP contribution >= 0.6 is 23.2 Å². The highest BCUT2D eigenvalue weighted by atomic mass is 35.5. The fourth-order valence-electron chi connectivity index (χ4n) is 1.54. The van der Waals surface area contributed by atoms with Crippen LogP contribution in [0.5, 0.6) is 0 Å². The normalized spacial score (nSPS) is 12.0. The SMILES string of the molecule is CCOC(=O)N[C@@H](Cc1ccccc1)C(=O)C(Cl)Cl. The molecule has 0 unspecified atom stereocenters. The molecule has 0 aliphatic heterocycles. The van der Waals surface area contributed by atoms with Crippen molar-refractivity contribution in [2.24, 2.45) is 0 Å². The van der Waals surface area contributed by atoms with E-state index in [4.69, 9.17) is 27.9 Å². The van der Waals surface area contributed by atoms with Crippen molar-refractivity contribution in [2.75, 3.05) is 6.61 Å². The van der Waals surface area contributed by atoms with Gasteiger partial charge in [0.1, 0.15) is 0 Å². The number of halogens is 2. The Hall–Kier alpha value is -1.26. The fourth-order valence-corrected chi connectivity index (χ4v) is 1.84. The molecule has 19 heavy (non-hydrogen) atoms. The van der Waals surface area contributed by atoms with Crippen LogP contribution in [0.4, 0.5) is 4.79 Å². The van der Waals surface area contributed by atoms with Gasteiger partial charge in [-0.25, -0.2) is 4.79 Å². The monoisotopic (exact) mass is 303 g/mol. The largest absolute Gasteiger partial charge is 0.450 e. The van der Waals surface area contributed by atoms with Crippen LogP contribution in [0.2, 0.25) is 0 Å². The lowest BCUT2D eigenvalue weighted by Crippen LogP contribution is -2.44. The second kappa shape index (κ2) is 8.02. The molecule has 0 aromatic heterocycles. The maximum absolute atomic E-state index is 11.9. The molecule has 4 nitrogen and oxygen atoms in total. The third-order valence-corrected chi connectivity index (χ3v) is 2.84. The number of carbonyl (C=O) groups is 2. The molecule has 1 aromatic rings. The minimum atomic E-state index is -1.18. The van der Waals surface area contributed by atoms with Crippen LogP contribution in [0.25, 0.3) is 0 Å². The third kappa shape index (κ3) is 5.49. The van der Waals surface area contributed by atoms with Crippen LogP contribution in [-0.4, -0.2) is 29.4 Å². The summed E-state index contributed by atoms with van der Waals surface area (Å²) in [7, 11) is 0. The molecule has 1 aromatic carbocycles. The molecule has 1 atom stereocenters. The summed E-state index contributed by atoms with van der Waals surface area (Å²) in [5, 5.41) is 2.47. The molecule has 1 amide bonds. The van der Waals surface area contributed by atoms with Gasteiger partial charge >= 0.3 is 6.09 Å². The molecule has 0 saturated heterocycles. The van der Waals surface area contributed by atoms with E-state index >= 15 is 0 Å². The van der Waals surface area contributed by atoms with Crippen molar-refractivity contribution in [3.8, 4) is 0 Å². The lowest BCUT2D eigenvalue weighted by molar-refractivity contribution is -0.119. The van der Waals surface area contributed by atoms with Crippen molar-refractivity contribution >= 4 is 35.1 Å². The molecule has 0 heterocycles. The summed E-state index contributed by atoms with van der Waals surface area (Å²) in [5.74, 6) is -0.458. The Bertz CT molecular complexity index is 423. The summed E-state index contributed by atoms with van der Waals surface area (Å²) in [5.41, 5.74) is 0.895. The van der Waals surface area contributed by atoms with Gasteiger partial charge in [0.25, 0.3) is 0 Å². The highest BCUT2D eigenvalue weighted by Crippen LogP contribution is 2.11. The Morgan fingerprint density at radius 1 is 1.26 bits per heavy atom. The number of benzene rings is 1. The van der Waals surface area contributed by atoms with Crippen LogP contribution in [0.1, 0.15) is 12.5 Å². The number of alkyl halides is 2. The van der Waals surface area contributed by atoms with Gasteiger partial charge in [0.15, 0.2) is 10.6 Å². The molecule has 0 saturated carbocycles. The molecule has 1 N–H and O–H groups in total. The second-order valence-corrected chi connectivity index (χ2v) is 4.91. The fraction of sp³-hybridized carbons (Fsp3) is 0.385. The van der Waals surface area contributed by atoms with E-state index in [1.807, 2.05) is 30.3 Å². The minimum Gasteiger partial charge on any atom is -0.450 e. The highest BCUT2D eigenvalue weighted by molar-refractivity contribution is 6.54. The molecule has 6 heteroatoms. The number of Topliss-reactive ketones (excluding diaryl/α,β-unsaturated/α-hetero) is 1. The average Bonchev–Trinajstić information content (AvgIpc) is 2.38. The van der Waals surface area contributed by atoms with E-state index < -0.39 is 22.8 Å². The van der Waals surface area contributed by atoms with Crippen LogP contribution < -0.4 is 5.32 Å². The topological polar surface area (TPSA) is 55.4 Å². The molecule has 0 fully saturated rings. The summed E-state index contributed by atoms with van der Waals surface area (Å²) in [6.07, 6.45) is -0.347. The predicted molar refractivity (Wildman–Crippen MR) is 74.6 cm³/mol. The van der Waals surface area contributed by atoms with Crippen molar-refractivity contribution in [3.05, 3.63) is 35.9 Å². The number of hydrogen-bond donors (Lipinski definition) is 1. The second-order valence-electron chi connectivity index (χ2n) is 3.81. The number of hydrogen-bond acceptors (Lipinski definition) is 3. The van der Waals surface area contributed by atoms with Crippen LogP contribution in [0, 0.1) is 0 Å². The van der Waals surface area contributed by atoms with Crippen LogP contribution in [0.3, 0.4) is 0 Å². The molecule has 0 radical (unpaired) electrons. The molecule has 0 aliphatic carbocycles. The van der Waals surface area contributed by atoms with Gasteiger partial charge in [-0.15, -0.1) is 0 Å². The van der Waals surface area contributed by atoms with Gasteiger partial charge < -0.3 is 10.1 Å². The number of carbonyl (C=O) groups excluding carboxylic acids is 2. The Morgan fingerprint density at radius 3 is 2.42 bits per heavy atom. The maximum Gasteiger partial charge on any atom is 0.407 e. The van der Waals surface area contributed by atoms with Gasteiger partial charge in [-0.05, 0) is 18.9 Å². The van der Waals surface area contributed by atoms with Crippen molar-refractivity contribution in [2.45, 2.75) is 24.2 Å². The molecular weight excluding hydrogens is 289 g/mol. The van der Waals surface area contributed by atoms with Crippen LogP contribution in [0.15, 0.2) is 30.3 Å². The molecular formula is C13H15Cl2NO3. The first-order valence-electron chi connectivity index (χ1n) is 5.83. The Balaban J connectivity index is 2.75. The number of ketones is 1. The quantitative estimate of drug-likeness (QED) is 0.822. The predicted octanol–water partition coefficient (Wildman–Crippen LogP) is 2.72. The summed E-state index contributed by atoms with van der Waals surface area (Å²) in [4.78, 5) is 22.1. The summed E-state index contributed by atoms with van der Waals surface area (Å²) in [6, 6.07) is 8.46. The number of amides is 1. The minimum absolute atomic E-state index is 0.225. The lowest BCUT2D eigenvalue weighted by Gasteiger charge is -2.17. The molecule has 104 valence electrons. The smallest absolute Gasteiger partial charge is 0.407 e. The summed E-state index contributed by atoms with van der Waals surface area (Å²) < 4.78 is 4.75. The molecule has 1 rings (SSSR count). The number of ether oxygens (including phenoxy) is 1. The Kier molecular flexibility index (Phi) is 6.67. The zero-order valence-corrected chi connectivity index (χ0v) is 11.9. The van der Waals surface area contributed by atoms with Gasteiger partial charge in [-0.3, -0.25) is 4.79 Å². The van der Waals surface area contributed by atoms with E-state index in [9.17, 15) is 9.59 Å². The maximum atomic E-state index is 11.9. The van der Waals surface area contributed by atoms with Gasteiger partial charge in [0.2, 0.25) is 0 Å². The van der Waals surface area contributed by atoms with E-state index in [0.717, 1.165) is 5.56 Å². The zero-order valence-electron chi connectivity index (χ0n) is 10.4. The van der Waals surface area contributed by atoms with E-state index in [2.05, 4.69) is 5.32 Å². The van der Waals surface area contributed by atoms with Gasteiger partial charge in [0.05, 0.1) is 12.6 Å². The van der Waals surface area contributed by atoms with Crippen molar-refractivity contribution in [1.29, 1.82) is 0 Å². The Labute approximate surface area is 122 Å². The van der Waals surface area contributed by atoms with Crippen molar-refractivity contribution < 1.29 is 14.3 Å². The standard InChI is InChI=1S/C13H15Cl2NO3/c1-2-19-13(18)16-10(11(17)12(14)15)8-9-6-4-3-5-7-9/h3-7,10,12H,2,8H2,1H3,(H,16,18)/t10-/m0/s1. The van der Waals surface area contributed by atoms with Crippen molar-refractivity contribution in [1.82, 2.24) is 5.32 Å². The van der Waals surface area contributed by atoms with E-state index in [-0.39, 0.29) is 6.61 Å². The van der Waals surface area contributed by atoms with Gasteiger partial charge in [-0.2, -0.15) is 0 Å². The molecule has 0 spiro atoms.